The van der Waals surface area contributed by atoms with Crippen molar-refractivity contribution in [1.82, 2.24) is 4.98 Å². The Balaban J connectivity index is 2.84. The van der Waals surface area contributed by atoms with E-state index < -0.39 is 17.7 Å². The van der Waals surface area contributed by atoms with Crippen LogP contribution >= 0.6 is 0 Å². The summed E-state index contributed by atoms with van der Waals surface area (Å²) < 4.78 is 38.4. The van der Waals surface area contributed by atoms with E-state index in [1.54, 1.807) is 6.92 Å². The van der Waals surface area contributed by atoms with Gasteiger partial charge >= 0.3 is 12.1 Å². The van der Waals surface area contributed by atoms with Crippen LogP contribution in [0.1, 0.15) is 28.5 Å². The lowest BCUT2D eigenvalue weighted by Gasteiger charge is -2.07. The maximum absolute atomic E-state index is 12.8. The fraction of sp³-hybridized carbons (Fsp3) is 0.250. The minimum atomic E-state index is -4.51. The Hall–Kier alpha value is -1.98. The van der Waals surface area contributed by atoms with Crippen LogP contribution in [0.5, 0.6) is 0 Å². The number of fused-ring (bicyclic) bond motifs is 1. The summed E-state index contributed by atoms with van der Waals surface area (Å²) >= 11 is 0. The lowest BCUT2D eigenvalue weighted by molar-refractivity contribution is -0.136. The Morgan fingerprint density at radius 1 is 1.39 bits per heavy atom. The first kappa shape index (κ1) is 12.5. The van der Waals surface area contributed by atoms with Gasteiger partial charge in [-0.05, 0) is 18.1 Å². The molecule has 1 aromatic carbocycles. The first-order valence-corrected chi connectivity index (χ1v) is 5.30. The standard InChI is InChI=1S/C12H10F3NO2/c1-2-6-7-4-3-5-8(12(13,14)15)9(7)16-10(6)11(17)18/h3-5,16H,2H2,1H3,(H,17,18). The van der Waals surface area contributed by atoms with Crippen molar-refractivity contribution in [1.29, 1.82) is 0 Å². The molecule has 18 heavy (non-hydrogen) atoms. The lowest BCUT2D eigenvalue weighted by Crippen LogP contribution is -2.05. The van der Waals surface area contributed by atoms with Gasteiger partial charge in [0.2, 0.25) is 0 Å². The van der Waals surface area contributed by atoms with E-state index in [0.29, 0.717) is 17.4 Å². The van der Waals surface area contributed by atoms with Gasteiger partial charge < -0.3 is 10.1 Å². The van der Waals surface area contributed by atoms with E-state index in [-0.39, 0.29) is 11.2 Å². The number of aromatic carboxylic acids is 1. The molecule has 1 heterocycles. The second kappa shape index (κ2) is 4.04. The number of hydrogen-bond donors (Lipinski definition) is 2. The van der Waals surface area contributed by atoms with Gasteiger partial charge in [0.15, 0.2) is 0 Å². The molecule has 0 aliphatic heterocycles. The Labute approximate surface area is 100 Å². The van der Waals surface area contributed by atoms with Gasteiger partial charge in [0.05, 0.1) is 11.1 Å². The fourth-order valence-electron chi connectivity index (χ4n) is 2.06. The number of aromatic nitrogens is 1. The summed E-state index contributed by atoms with van der Waals surface area (Å²) in [5.41, 5.74) is -0.797. The molecular weight excluding hydrogens is 247 g/mol. The Kier molecular flexibility index (Phi) is 2.80. The van der Waals surface area contributed by atoms with Crippen molar-refractivity contribution in [3.05, 3.63) is 35.0 Å². The van der Waals surface area contributed by atoms with Crippen LogP contribution in [-0.4, -0.2) is 16.1 Å². The fourth-order valence-corrected chi connectivity index (χ4v) is 2.06. The zero-order valence-corrected chi connectivity index (χ0v) is 9.43. The van der Waals surface area contributed by atoms with Crippen LogP contribution < -0.4 is 0 Å². The SMILES string of the molecule is CCc1c(C(=O)O)[nH]c2c(C(F)(F)F)cccc12. The van der Waals surface area contributed by atoms with Crippen LogP contribution in [0.4, 0.5) is 13.2 Å². The van der Waals surface area contributed by atoms with E-state index in [2.05, 4.69) is 4.98 Å². The van der Waals surface area contributed by atoms with Crippen LogP contribution in [-0.2, 0) is 12.6 Å². The number of H-pyrrole nitrogens is 1. The highest BCUT2D eigenvalue weighted by atomic mass is 19.4. The number of aryl methyl sites for hydroxylation is 1. The molecule has 0 atom stereocenters. The van der Waals surface area contributed by atoms with Crippen molar-refractivity contribution in [3.63, 3.8) is 0 Å². The monoisotopic (exact) mass is 257 g/mol. The van der Waals surface area contributed by atoms with Gasteiger partial charge in [-0.15, -0.1) is 0 Å². The van der Waals surface area contributed by atoms with Crippen molar-refractivity contribution in [2.24, 2.45) is 0 Å². The Morgan fingerprint density at radius 3 is 2.56 bits per heavy atom. The number of para-hydroxylation sites is 1. The Morgan fingerprint density at radius 2 is 2.06 bits per heavy atom. The maximum Gasteiger partial charge on any atom is 0.418 e. The molecule has 0 spiro atoms. The van der Waals surface area contributed by atoms with E-state index in [0.717, 1.165) is 6.07 Å². The maximum atomic E-state index is 12.8. The summed E-state index contributed by atoms with van der Waals surface area (Å²) in [4.78, 5) is 13.4. The third kappa shape index (κ3) is 1.83. The molecule has 0 aliphatic rings. The topological polar surface area (TPSA) is 53.1 Å². The molecule has 2 aromatic rings. The number of carboxylic acids is 1. The smallest absolute Gasteiger partial charge is 0.418 e. The molecule has 0 fully saturated rings. The number of nitrogens with one attached hydrogen (secondary N) is 1. The highest BCUT2D eigenvalue weighted by Crippen LogP contribution is 2.36. The quantitative estimate of drug-likeness (QED) is 0.865. The summed E-state index contributed by atoms with van der Waals surface area (Å²) in [5.74, 6) is -1.25. The lowest BCUT2D eigenvalue weighted by atomic mass is 10.1. The number of hydrogen-bond acceptors (Lipinski definition) is 1. The average molecular weight is 257 g/mol. The average Bonchev–Trinajstić information content (AvgIpc) is 2.65. The van der Waals surface area contributed by atoms with Crippen LogP contribution in [0.2, 0.25) is 0 Å². The number of carbonyl (C=O) groups is 1. The molecule has 6 heteroatoms. The van der Waals surface area contributed by atoms with Gasteiger partial charge in [-0.2, -0.15) is 13.2 Å². The molecule has 0 unspecified atom stereocenters. The molecule has 0 saturated carbocycles. The van der Waals surface area contributed by atoms with Crippen molar-refractivity contribution in [2.75, 3.05) is 0 Å². The minimum Gasteiger partial charge on any atom is -0.477 e. The second-order valence-corrected chi connectivity index (χ2v) is 3.86. The molecule has 3 nitrogen and oxygen atoms in total. The molecule has 0 bridgehead atoms. The van der Waals surface area contributed by atoms with E-state index in [1.165, 1.54) is 12.1 Å². The van der Waals surface area contributed by atoms with Gasteiger partial charge in [-0.3, -0.25) is 0 Å². The van der Waals surface area contributed by atoms with E-state index in [4.69, 9.17) is 5.11 Å². The molecule has 0 aliphatic carbocycles. The number of rotatable bonds is 2. The van der Waals surface area contributed by atoms with E-state index >= 15 is 0 Å². The zero-order chi connectivity index (χ0) is 13.5. The van der Waals surface area contributed by atoms with Crippen LogP contribution in [0, 0.1) is 0 Å². The first-order valence-electron chi connectivity index (χ1n) is 5.30. The summed E-state index contributed by atoms with van der Waals surface area (Å²) in [5, 5.41) is 9.29. The molecule has 1 aromatic heterocycles. The summed E-state index contributed by atoms with van der Waals surface area (Å²) in [6.07, 6.45) is -4.16. The normalized spacial score (nSPS) is 12.0. The molecule has 96 valence electrons. The molecule has 0 amide bonds. The zero-order valence-electron chi connectivity index (χ0n) is 9.43. The highest BCUT2D eigenvalue weighted by Gasteiger charge is 2.34. The van der Waals surface area contributed by atoms with E-state index in [9.17, 15) is 18.0 Å². The van der Waals surface area contributed by atoms with Crippen LogP contribution in [0.3, 0.4) is 0 Å². The number of alkyl halides is 3. The van der Waals surface area contributed by atoms with Gasteiger partial charge in [0, 0.05) is 5.39 Å². The van der Waals surface area contributed by atoms with Gasteiger partial charge in [0.1, 0.15) is 5.69 Å². The third-order valence-electron chi connectivity index (χ3n) is 2.81. The van der Waals surface area contributed by atoms with Crippen molar-refractivity contribution in [3.8, 4) is 0 Å². The van der Waals surface area contributed by atoms with Gasteiger partial charge in [0.25, 0.3) is 0 Å². The predicted molar refractivity (Wildman–Crippen MR) is 59.6 cm³/mol. The Bertz CT molecular complexity index is 614. The first-order chi connectivity index (χ1) is 8.36. The molecule has 2 rings (SSSR count). The molecule has 0 radical (unpaired) electrons. The number of halogens is 3. The molecule has 2 N–H and O–H groups in total. The van der Waals surface area contributed by atoms with Crippen molar-refractivity contribution >= 4 is 16.9 Å². The summed E-state index contributed by atoms with van der Waals surface area (Å²) in [7, 11) is 0. The molecule has 0 saturated heterocycles. The largest absolute Gasteiger partial charge is 0.477 e. The van der Waals surface area contributed by atoms with Crippen LogP contribution in [0.25, 0.3) is 10.9 Å². The number of benzene rings is 1. The van der Waals surface area contributed by atoms with Crippen molar-refractivity contribution in [2.45, 2.75) is 19.5 Å². The number of aromatic amines is 1. The predicted octanol–water partition coefficient (Wildman–Crippen LogP) is 3.45. The highest BCUT2D eigenvalue weighted by molar-refractivity contribution is 5.98. The van der Waals surface area contributed by atoms with E-state index in [1.807, 2.05) is 0 Å². The van der Waals surface area contributed by atoms with Gasteiger partial charge in [-0.25, -0.2) is 4.79 Å². The minimum absolute atomic E-state index is 0.167. The third-order valence-corrected chi connectivity index (χ3v) is 2.81. The summed E-state index contributed by atoms with van der Waals surface area (Å²) in [6, 6.07) is 3.71. The summed E-state index contributed by atoms with van der Waals surface area (Å²) in [6.45, 7) is 1.70. The molecular formula is C12H10F3NO2. The van der Waals surface area contributed by atoms with Crippen molar-refractivity contribution < 1.29 is 23.1 Å². The van der Waals surface area contributed by atoms with Gasteiger partial charge in [-0.1, -0.05) is 19.1 Å². The van der Waals surface area contributed by atoms with Crippen LogP contribution in [0.15, 0.2) is 18.2 Å². The number of carboxylic acid groups (broad SMARTS) is 1. The second-order valence-electron chi connectivity index (χ2n) is 3.86.